The Morgan fingerprint density at radius 3 is 2.90 bits per heavy atom. The fourth-order valence-corrected chi connectivity index (χ4v) is 2.23. The van der Waals surface area contributed by atoms with E-state index in [-0.39, 0.29) is 6.04 Å². The monoisotopic (exact) mass is 299 g/mol. The first-order valence-corrected chi connectivity index (χ1v) is 6.66. The zero-order valence-electron chi connectivity index (χ0n) is 11.8. The molecule has 110 valence electrons. The van der Waals surface area contributed by atoms with Gasteiger partial charge in [0.15, 0.2) is 0 Å². The molecule has 2 aromatic heterocycles. The highest BCUT2D eigenvalue weighted by Crippen LogP contribution is 2.21. The maximum atomic E-state index is 6.06. The maximum absolute atomic E-state index is 6.06. The van der Waals surface area contributed by atoms with E-state index in [1.165, 1.54) is 6.33 Å². The number of hydrogen-bond acceptors (Lipinski definition) is 6. The molecule has 20 heavy (non-hydrogen) atoms. The van der Waals surface area contributed by atoms with Crippen molar-refractivity contribution in [2.75, 3.05) is 38.9 Å². The first kappa shape index (κ1) is 15.0. The van der Waals surface area contributed by atoms with Crippen LogP contribution in [0, 0.1) is 0 Å². The van der Waals surface area contributed by atoms with E-state index >= 15 is 0 Å². The Morgan fingerprint density at radius 2 is 2.20 bits per heavy atom. The van der Waals surface area contributed by atoms with E-state index in [1.807, 2.05) is 0 Å². The zero-order chi connectivity index (χ0) is 14.5. The Balaban J connectivity index is 2.40. The molecule has 0 radical (unpaired) electrons. The van der Waals surface area contributed by atoms with Gasteiger partial charge in [0.25, 0.3) is 5.78 Å². The van der Waals surface area contributed by atoms with Crippen molar-refractivity contribution in [3.05, 3.63) is 17.5 Å². The lowest BCUT2D eigenvalue weighted by Gasteiger charge is -2.30. The van der Waals surface area contributed by atoms with E-state index in [4.69, 9.17) is 21.1 Å². The Labute approximate surface area is 122 Å². The summed E-state index contributed by atoms with van der Waals surface area (Å²) in [6.45, 7) is 3.93. The van der Waals surface area contributed by atoms with Gasteiger partial charge in [-0.1, -0.05) is 11.6 Å². The topological polar surface area (TPSA) is 64.8 Å². The van der Waals surface area contributed by atoms with Crippen molar-refractivity contribution in [3.8, 4) is 0 Å². The quantitative estimate of drug-likeness (QED) is 0.717. The molecule has 0 aromatic carbocycles. The average molecular weight is 300 g/mol. The number of aromatic nitrogens is 4. The van der Waals surface area contributed by atoms with Crippen LogP contribution in [0.2, 0.25) is 5.15 Å². The van der Waals surface area contributed by atoms with Crippen LogP contribution in [0.25, 0.3) is 5.78 Å². The van der Waals surface area contributed by atoms with Crippen LogP contribution in [-0.4, -0.2) is 59.6 Å². The third kappa shape index (κ3) is 3.17. The van der Waals surface area contributed by atoms with Crippen molar-refractivity contribution in [2.45, 2.75) is 13.0 Å². The van der Waals surface area contributed by atoms with Crippen molar-refractivity contribution in [1.29, 1.82) is 0 Å². The van der Waals surface area contributed by atoms with Crippen LogP contribution in [-0.2, 0) is 9.47 Å². The van der Waals surface area contributed by atoms with Crippen molar-refractivity contribution < 1.29 is 9.47 Å². The molecule has 0 bridgehead atoms. The van der Waals surface area contributed by atoms with E-state index < -0.39 is 0 Å². The number of ether oxygens (including phenoxy) is 2. The number of halogens is 1. The van der Waals surface area contributed by atoms with E-state index in [0.29, 0.717) is 30.7 Å². The molecule has 0 aliphatic heterocycles. The van der Waals surface area contributed by atoms with Crippen molar-refractivity contribution in [2.24, 2.45) is 0 Å². The van der Waals surface area contributed by atoms with E-state index in [1.54, 1.807) is 24.8 Å². The van der Waals surface area contributed by atoms with Gasteiger partial charge in [0.05, 0.1) is 19.3 Å². The lowest BCUT2D eigenvalue weighted by atomic mass is 10.3. The summed E-state index contributed by atoms with van der Waals surface area (Å²) >= 11 is 6.06. The summed E-state index contributed by atoms with van der Waals surface area (Å²) in [5.74, 6) is 1.29. The molecule has 2 aromatic rings. The molecular formula is C12H18ClN5O2. The number of hydrogen-bond donors (Lipinski definition) is 0. The number of rotatable bonds is 7. The molecule has 2 heterocycles. The molecule has 1 unspecified atom stereocenters. The first-order chi connectivity index (χ1) is 9.67. The normalized spacial score (nSPS) is 12.8. The van der Waals surface area contributed by atoms with Crippen LogP contribution in [0.3, 0.4) is 0 Å². The SMILES string of the molecule is COCCN(c1cc(Cl)nc2ncnn12)C(C)COC. The highest BCUT2D eigenvalue weighted by molar-refractivity contribution is 6.29. The fraction of sp³-hybridized carbons (Fsp3) is 0.583. The summed E-state index contributed by atoms with van der Waals surface area (Å²) in [4.78, 5) is 10.3. The Hall–Kier alpha value is -1.44. The molecule has 7 nitrogen and oxygen atoms in total. The number of anilines is 1. The third-order valence-corrected chi connectivity index (χ3v) is 3.17. The number of nitrogens with zero attached hydrogens (tertiary/aromatic N) is 5. The molecule has 0 saturated carbocycles. The molecule has 0 fully saturated rings. The van der Waals surface area contributed by atoms with Crippen molar-refractivity contribution in [1.82, 2.24) is 19.6 Å². The second-order valence-electron chi connectivity index (χ2n) is 4.40. The van der Waals surface area contributed by atoms with Crippen LogP contribution in [0.15, 0.2) is 12.4 Å². The second kappa shape index (κ2) is 6.83. The van der Waals surface area contributed by atoms with Crippen LogP contribution in [0.4, 0.5) is 5.82 Å². The van der Waals surface area contributed by atoms with Gasteiger partial charge in [0.1, 0.15) is 17.3 Å². The summed E-state index contributed by atoms with van der Waals surface area (Å²) in [5.41, 5.74) is 0. The largest absolute Gasteiger partial charge is 0.383 e. The van der Waals surface area contributed by atoms with Crippen molar-refractivity contribution in [3.63, 3.8) is 0 Å². The predicted molar refractivity (Wildman–Crippen MR) is 76.4 cm³/mol. The minimum atomic E-state index is 0.140. The molecular weight excluding hydrogens is 282 g/mol. The predicted octanol–water partition coefficient (Wildman–Crippen LogP) is 1.27. The Kier molecular flexibility index (Phi) is 5.11. The van der Waals surface area contributed by atoms with Gasteiger partial charge >= 0.3 is 0 Å². The van der Waals surface area contributed by atoms with Gasteiger partial charge < -0.3 is 14.4 Å². The number of fused-ring (bicyclic) bond motifs is 1. The fourth-order valence-electron chi connectivity index (χ4n) is 2.05. The molecule has 0 aliphatic rings. The minimum Gasteiger partial charge on any atom is -0.383 e. The highest BCUT2D eigenvalue weighted by Gasteiger charge is 2.19. The van der Waals surface area contributed by atoms with Gasteiger partial charge in [-0.3, -0.25) is 0 Å². The Morgan fingerprint density at radius 1 is 1.40 bits per heavy atom. The van der Waals surface area contributed by atoms with Gasteiger partial charge in [-0.05, 0) is 6.92 Å². The summed E-state index contributed by atoms with van der Waals surface area (Å²) in [5, 5.41) is 4.57. The Bertz CT molecular complexity index is 562. The number of methoxy groups -OCH3 is 2. The molecule has 0 saturated heterocycles. The summed E-state index contributed by atoms with van der Waals surface area (Å²) in [6, 6.07) is 1.91. The second-order valence-corrected chi connectivity index (χ2v) is 4.79. The highest BCUT2D eigenvalue weighted by atomic mass is 35.5. The van der Waals surface area contributed by atoms with E-state index in [2.05, 4.69) is 26.9 Å². The summed E-state index contributed by atoms with van der Waals surface area (Å²) in [7, 11) is 3.35. The van der Waals surface area contributed by atoms with Gasteiger partial charge in [-0.2, -0.15) is 19.6 Å². The molecule has 8 heteroatoms. The molecule has 0 aliphatic carbocycles. The third-order valence-electron chi connectivity index (χ3n) is 2.97. The van der Waals surface area contributed by atoms with Crippen LogP contribution < -0.4 is 4.90 Å². The van der Waals surface area contributed by atoms with Crippen molar-refractivity contribution >= 4 is 23.2 Å². The summed E-state index contributed by atoms with van der Waals surface area (Å²) in [6.07, 6.45) is 1.46. The molecule has 1 atom stereocenters. The van der Waals surface area contributed by atoms with Crippen LogP contribution >= 0.6 is 11.6 Å². The van der Waals surface area contributed by atoms with E-state index in [0.717, 1.165) is 5.82 Å². The maximum Gasteiger partial charge on any atom is 0.255 e. The molecule has 0 amide bonds. The molecule has 0 spiro atoms. The van der Waals surface area contributed by atoms with Gasteiger partial charge in [0, 0.05) is 26.8 Å². The lowest BCUT2D eigenvalue weighted by Crippen LogP contribution is -2.40. The smallest absolute Gasteiger partial charge is 0.255 e. The minimum absolute atomic E-state index is 0.140. The molecule has 0 N–H and O–H groups in total. The summed E-state index contributed by atoms with van der Waals surface area (Å²) < 4.78 is 12.1. The first-order valence-electron chi connectivity index (χ1n) is 6.28. The average Bonchev–Trinajstić information content (AvgIpc) is 2.87. The lowest BCUT2D eigenvalue weighted by molar-refractivity contribution is 0.170. The van der Waals surface area contributed by atoms with Gasteiger partial charge in [0.2, 0.25) is 0 Å². The standard InChI is InChI=1S/C12H18ClN5O2/c1-9(7-20-3)17(4-5-19-2)11-6-10(13)16-12-14-8-15-18(11)12/h6,8-9H,4-5,7H2,1-3H3. The zero-order valence-corrected chi connectivity index (χ0v) is 12.5. The van der Waals surface area contributed by atoms with Crippen LogP contribution in [0.5, 0.6) is 0 Å². The van der Waals surface area contributed by atoms with Gasteiger partial charge in [-0.25, -0.2) is 0 Å². The van der Waals surface area contributed by atoms with Gasteiger partial charge in [-0.15, -0.1) is 0 Å². The molecule has 2 rings (SSSR count). The van der Waals surface area contributed by atoms with Crippen LogP contribution in [0.1, 0.15) is 6.92 Å². The van der Waals surface area contributed by atoms with E-state index in [9.17, 15) is 0 Å².